The Balaban J connectivity index is 2.50. The van der Waals surface area contributed by atoms with Gasteiger partial charge in [0, 0.05) is 9.77 Å². The van der Waals surface area contributed by atoms with Gasteiger partial charge in [0.05, 0.1) is 7.11 Å². The molecule has 5 heteroatoms. The van der Waals surface area contributed by atoms with Crippen LogP contribution in [-0.2, 0) is 9.53 Å². The van der Waals surface area contributed by atoms with Crippen LogP contribution in [0.15, 0.2) is 18.3 Å². The number of hydrogen-bond donors (Lipinski definition) is 1. The smallest absolute Gasteiger partial charge is 0.325 e. The molecule has 0 aliphatic heterocycles. The lowest BCUT2D eigenvalue weighted by Gasteiger charge is -2.03. The van der Waals surface area contributed by atoms with Gasteiger partial charge in [-0.1, -0.05) is 0 Å². The number of ether oxygens (including phenoxy) is 1. The predicted octanol–water partition coefficient (Wildman–Crippen LogP) is 1.27. The van der Waals surface area contributed by atoms with Crippen molar-refractivity contribution in [1.82, 2.24) is 4.98 Å². The Hall–Kier alpha value is -0.850. The third-order valence-corrected chi connectivity index (χ3v) is 2.03. The molecule has 1 heterocycles. The summed E-state index contributed by atoms with van der Waals surface area (Å²) in [6.45, 7) is 0.142. The Morgan fingerprint density at radius 3 is 3.15 bits per heavy atom. The number of hydrogen-bond acceptors (Lipinski definition) is 4. The summed E-state index contributed by atoms with van der Waals surface area (Å²) < 4.78 is 5.54. The number of methoxy groups -OCH3 is 1. The molecule has 0 bridgehead atoms. The largest absolute Gasteiger partial charge is 0.468 e. The van der Waals surface area contributed by atoms with E-state index in [0.717, 1.165) is 3.57 Å². The number of nitrogens with zero attached hydrogens (tertiary/aromatic N) is 1. The van der Waals surface area contributed by atoms with Gasteiger partial charge in [-0.15, -0.1) is 0 Å². The van der Waals surface area contributed by atoms with Crippen LogP contribution in [0.1, 0.15) is 0 Å². The van der Waals surface area contributed by atoms with Crippen molar-refractivity contribution in [2.75, 3.05) is 19.0 Å². The molecule has 0 aromatic carbocycles. The van der Waals surface area contributed by atoms with Gasteiger partial charge in [0.1, 0.15) is 12.4 Å². The maximum atomic E-state index is 10.8. The second kappa shape index (κ2) is 5.00. The van der Waals surface area contributed by atoms with Crippen LogP contribution in [0.5, 0.6) is 0 Å². The lowest BCUT2D eigenvalue weighted by Crippen LogP contribution is -2.15. The van der Waals surface area contributed by atoms with Crippen LogP contribution < -0.4 is 5.32 Å². The molecule has 0 aliphatic carbocycles. The minimum absolute atomic E-state index is 0.142. The summed E-state index contributed by atoms with van der Waals surface area (Å²) in [5.74, 6) is 0.373. The predicted molar refractivity (Wildman–Crippen MR) is 57.5 cm³/mol. The van der Waals surface area contributed by atoms with E-state index in [1.807, 2.05) is 12.1 Å². The topological polar surface area (TPSA) is 51.2 Å². The van der Waals surface area contributed by atoms with Gasteiger partial charge in [0.25, 0.3) is 0 Å². The molecule has 1 rings (SSSR count). The van der Waals surface area contributed by atoms with Gasteiger partial charge in [-0.3, -0.25) is 4.79 Å². The molecular weight excluding hydrogens is 283 g/mol. The fourth-order valence-electron chi connectivity index (χ4n) is 0.736. The molecule has 1 aromatic rings. The van der Waals surface area contributed by atoms with Crippen LogP contribution >= 0.6 is 22.6 Å². The number of rotatable bonds is 3. The average Bonchev–Trinajstić information content (AvgIpc) is 2.14. The second-order valence-electron chi connectivity index (χ2n) is 2.29. The van der Waals surface area contributed by atoms with Gasteiger partial charge < -0.3 is 10.1 Å². The van der Waals surface area contributed by atoms with Crippen LogP contribution in [-0.4, -0.2) is 24.6 Å². The third-order valence-electron chi connectivity index (χ3n) is 1.36. The standard InChI is InChI=1S/C8H9IN2O2/c1-13-8(12)5-11-7-4-6(9)2-3-10-7/h2-4H,5H2,1H3,(H,10,11). The van der Waals surface area contributed by atoms with E-state index >= 15 is 0 Å². The van der Waals surface area contributed by atoms with Crippen molar-refractivity contribution in [2.45, 2.75) is 0 Å². The van der Waals surface area contributed by atoms with E-state index in [1.54, 1.807) is 6.20 Å². The first-order valence-corrected chi connectivity index (χ1v) is 4.72. The zero-order valence-corrected chi connectivity index (χ0v) is 9.24. The molecule has 0 amide bonds. The van der Waals surface area contributed by atoms with Crippen LogP contribution in [0.25, 0.3) is 0 Å². The van der Waals surface area contributed by atoms with Crippen molar-refractivity contribution >= 4 is 34.4 Å². The highest BCUT2D eigenvalue weighted by Gasteiger charge is 1.99. The summed E-state index contributed by atoms with van der Waals surface area (Å²) in [6, 6.07) is 3.73. The quantitative estimate of drug-likeness (QED) is 0.673. The van der Waals surface area contributed by atoms with Crippen molar-refractivity contribution < 1.29 is 9.53 Å². The Morgan fingerprint density at radius 1 is 1.77 bits per heavy atom. The molecule has 1 aromatic heterocycles. The highest BCUT2D eigenvalue weighted by molar-refractivity contribution is 14.1. The molecule has 4 nitrogen and oxygen atoms in total. The molecule has 0 saturated heterocycles. The van der Waals surface area contributed by atoms with E-state index in [-0.39, 0.29) is 12.5 Å². The summed E-state index contributed by atoms with van der Waals surface area (Å²) in [4.78, 5) is 14.8. The number of nitrogens with one attached hydrogen (secondary N) is 1. The van der Waals surface area contributed by atoms with E-state index in [4.69, 9.17) is 0 Å². The number of anilines is 1. The van der Waals surface area contributed by atoms with Gasteiger partial charge in [0.15, 0.2) is 0 Å². The fraction of sp³-hybridized carbons (Fsp3) is 0.250. The highest BCUT2D eigenvalue weighted by atomic mass is 127. The average molecular weight is 292 g/mol. The SMILES string of the molecule is COC(=O)CNc1cc(I)ccn1. The molecule has 0 atom stereocenters. The van der Waals surface area contributed by atoms with E-state index in [9.17, 15) is 4.79 Å². The molecule has 0 saturated carbocycles. The molecule has 0 spiro atoms. The van der Waals surface area contributed by atoms with Gasteiger partial charge in [-0.05, 0) is 34.7 Å². The van der Waals surface area contributed by atoms with Crippen LogP contribution in [0.4, 0.5) is 5.82 Å². The van der Waals surface area contributed by atoms with Crippen LogP contribution in [0, 0.1) is 3.57 Å². The lowest BCUT2D eigenvalue weighted by atomic mass is 10.4. The summed E-state index contributed by atoms with van der Waals surface area (Å²) in [5, 5.41) is 2.85. The Labute approximate surface area is 89.8 Å². The van der Waals surface area contributed by atoms with Crippen molar-refractivity contribution in [1.29, 1.82) is 0 Å². The van der Waals surface area contributed by atoms with E-state index in [0.29, 0.717) is 5.82 Å². The van der Waals surface area contributed by atoms with Gasteiger partial charge in [-0.2, -0.15) is 0 Å². The van der Waals surface area contributed by atoms with Crippen LogP contribution in [0.2, 0.25) is 0 Å². The second-order valence-corrected chi connectivity index (χ2v) is 3.53. The van der Waals surface area contributed by atoms with Crippen molar-refractivity contribution in [2.24, 2.45) is 0 Å². The first kappa shape index (κ1) is 10.2. The number of esters is 1. The van der Waals surface area contributed by atoms with Gasteiger partial charge >= 0.3 is 5.97 Å². The lowest BCUT2D eigenvalue weighted by molar-refractivity contribution is -0.138. The fourth-order valence-corrected chi connectivity index (χ4v) is 1.19. The molecule has 1 N–H and O–H groups in total. The number of halogens is 1. The molecule has 70 valence electrons. The highest BCUT2D eigenvalue weighted by Crippen LogP contribution is 2.08. The monoisotopic (exact) mass is 292 g/mol. The molecule has 0 fully saturated rings. The molecule has 0 radical (unpaired) electrons. The minimum Gasteiger partial charge on any atom is -0.468 e. The maximum absolute atomic E-state index is 10.8. The van der Waals surface area contributed by atoms with Gasteiger partial charge in [-0.25, -0.2) is 4.98 Å². The van der Waals surface area contributed by atoms with Gasteiger partial charge in [0.2, 0.25) is 0 Å². The first-order valence-electron chi connectivity index (χ1n) is 3.64. The van der Waals surface area contributed by atoms with E-state index in [2.05, 4.69) is 37.6 Å². The van der Waals surface area contributed by atoms with Crippen molar-refractivity contribution in [3.63, 3.8) is 0 Å². The summed E-state index contributed by atoms with van der Waals surface area (Å²) in [6.07, 6.45) is 1.68. The number of carbonyl (C=O) groups excluding carboxylic acids is 1. The number of aromatic nitrogens is 1. The zero-order valence-electron chi connectivity index (χ0n) is 7.08. The Morgan fingerprint density at radius 2 is 2.54 bits per heavy atom. The number of carbonyl (C=O) groups is 1. The van der Waals surface area contributed by atoms with Crippen LogP contribution in [0.3, 0.4) is 0 Å². The van der Waals surface area contributed by atoms with E-state index < -0.39 is 0 Å². The number of pyridine rings is 1. The maximum Gasteiger partial charge on any atom is 0.325 e. The van der Waals surface area contributed by atoms with Crippen molar-refractivity contribution in [3.05, 3.63) is 21.9 Å². The summed E-state index contributed by atoms with van der Waals surface area (Å²) in [5.41, 5.74) is 0. The normalized spacial score (nSPS) is 9.38. The molecule has 13 heavy (non-hydrogen) atoms. The first-order chi connectivity index (χ1) is 6.22. The van der Waals surface area contributed by atoms with Crippen molar-refractivity contribution in [3.8, 4) is 0 Å². The summed E-state index contributed by atoms with van der Waals surface area (Å²) >= 11 is 2.18. The zero-order chi connectivity index (χ0) is 9.68. The summed E-state index contributed by atoms with van der Waals surface area (Å²) in [7, 11) is 1.35. The molecule has 0 aliphatic rings. The Kier molecular flexibility index (Phi) is 3.94. The van der Waals surface area contributed by atoms with E-state index in [1.165, 1.54) is 7.11 Å². The molecule has 0 unspecified atom stereocenters. The third kappa shape index (κ3) is 3.58. The molecular formula is C8H9IN2O2. The Bertz CT molecular complexity index is 304. The minimum atomic E-state index is -0.305.